The van der Waals surface area contributed by atoms with Gasteiger partial charge >= 0.3 is 0 Å². The van der Waals surface area contributed by atoms with Crippen molar-refractivity contribution in [3.05, 3.63) is 29.6 Å². The number of pyridine rings is 1. The van der Waals surface area contributed by atoms with Crippen molar-refractivity contribution in [2.45, 2.75) is 24.9 Å². The number of rotatable bonds is 0. The minimum absolute atomic E-state index is 0.0694. The highest BCUT2D eigenvalue weighted by molar-refractivity contribution is 6.02. The summed E-state index contributed by atoms with van der Waals surface area (Å²) in [6.45, 7) is 0. The Morgan fingerprint density at radius 1 is 1.38 bits per heavy atom. The van der Waals surface area contributed by atoms with Crippen molar-refractivity contribution in [2.75, 3.05) is 0 Å². The van der Waals surface area contributed by atoms with Crippen LogP contribution in [0.3, 0.4) is 0 Å². The Balaban J connectivity index is 2.22. The number of aromatic nitrogens is 1. The molecule has 2 bridgehead atoms. The van der Waals surface area contributed by atoms with Crippen LogP contribution in [-0.4, -0.2) is 16.8 Å². The molecule has 0 spiro atoms. The monoisotopic (exact) mass is 174 g/mol. The van der Waals surface area contributed by atoms with Crippen molar-refractivity contribution in [1.82, 2.24) is 10.3 Å². The first-order valence-electron chi connectivity index (χ1n) is 4.60. The second-order valence-electron chi connectivity index (χ2n) is 3.68. The summed E-state index contributed by atoms with van der Waals surface area (Å²) in [6, 6.07) is 2.27. The van der Waals surface area contributed by atoms with Gasteiger partial charge in [0.25, 0.3) is 0 Å². The fraction of sp³-hybridized carbons (Fsp3) is 0.400. The van der Waals surface area contributed by atoms with Crippen LogP contribution in [0.1, 0.15) is 34.8 Å². The summed E-state index contributed by atoms with van der Waals surface area (Å²) in [5.41, 5.74) is 1.96. The molecule has 2 atom stereocenters. The van der Waals surface area contributed by atoms with Crippen molar-refractivity contribution < 1.29 is 4.79 Å². The van der Waals surface area contributed by atoms with Crippen LogP contribution in [0.25, 0.3) is 0 Å². The van der Waals surface area contributed by atoms with Gasteiger partial charge in [-0.1, -0.05) is 0 Å². The van der Waals surface area contributed by atoms with Crippen molar-refractivity contribution in [1.29, 1.82) is 0 Å². The van der Waals surface area contributed by atoms with Crippen molar-refractivity contribution in [2.24, 2.45) is 0 Å². The molecule has 0 amide bonds. The van der Waals surface area contributed by atoms with Crippen LogP contribution in [0.4, 0.5) is 0 Å². The number of nitrogens with zero attached hydrogens (tertiary/aromatic N) is 1. The minimum atomic E-state index is 0.0694. The summed E-state index contributed by atoms with van der Waals surface area (Å²) in [5.74, 6) is 0.242. The maximum Gasteiger partial charge on any atom is 0.180 e. The molecule has 1 aromatic heterocycles. The molecule has 0 aliphatic carbocycles. The van der Waals surface area contributed by atoms with E-state index in [0.29, 0.717) is 6.04 Å². The van der Waals surface area contributed by atoms with Crippen LogP contribution in [-0.2, 0) is 0 Å². The minimum Gasteiger partial charge on any atom is -0.300 e. The summed E-state index contributed by atoms with van der Waals surface area (Å²) in [6.07, 6.45) is 5.54. The topological polar surface area (TPSA) is 42.0 Å². The molecule has 3 rings (SSSR count). The molecule has 66 valence electrons. The van der Waals surface area contributed by atoms with Crippen molar-refractivity contribution >= 4 is 5.78 Å². The van der Waals surface area contributed by atoms with Gasteiger partial charge in [-0.05, 0) is 24.5 Å². The van der Waals surface area contributed by atoms with E-state index >= 15 is 0 Å². The summed E-state index contributed by atoms with van der Waals surface area (Å²) >= 11 is 0. The number of hydrogen-bond donors (Lipinski definition) is 1. The predicted molar refractivity (Wildman–Crippen MR) is 47.5 cm³/mol. The van der Waals surface area contributed by atoms with Crippen LogP contribution in [0.5, 0.6) is 0 Å². The van der Waals surface area contributed by atoms with Crippen molar-refractivity contribution in [3.63, 3.8) is 0 Å². The van der Waals surface area contributed by atoms with E-state index in [1.54, 1.807) is 6.20 Å². The van der Waals surface area contributed by atoms with Crippen LogP contribution in [0, 0.1) is 0 Å². The maximum absolute atomic E-state index is 11.8. The fourth-order valence-electron chi connectivity index (χ4n) is 2.29. The predicted octanol–water partition coefficient (Wildman–Crippen LogP) is 1.07. The number of Topliss-reactive ketones (excluding diaryl/α,β-unsaturated/α-hetero) is 1. The molecule has 13 heavy (non-hydrogen) atoms. The molecular weight excluding hydrogens is 164 g/mol. The average molecular weight is 174 g/mol. The number of hydrogen-bond acceptors (Lipinski definition) is 3. The van der Waals surface area contributed by atoms with E-state index in [2.05, 4.69) is 10.3 Å². The van der Waals surface area contributed by atoms with Crippen LogP contribution in [0.2, 0.25) is 0 Å². The zero-order valence-electron chi connectivity index (χ0n) is 7.16. The molecule has 2 aliphatic heterocycles. The first-order valence-corrected chi connectivity index (χ1v) is 4.60. The average Bonchev–Trinajstić information content (AvgIpc) is 2.61. The Kier molecular flexibility index (Phi) is 1.32. The number of carbonyl (C=O) groups is 1. The Labute approximate surface area is 76.2 Å². The molecular formula is C10H10N2O. The lowest BCUT2D eigenvalue weighted by molar-refractivity contribution is 0.0940. The van der Waals surface area contributed by atoms with Gasteiger partial charge in [0.2, 0.25) is 0 Å². The van der Waals surface area contributed by atoms with E-state index in [1.807, 2.05) is 12.3 Å². The molecule has 0 radical (unpaired) electrons. The first kappa shape index (κ1) is 7.21. The first-order chi connectivity index (χ1) is 6.36. The van der Waals surface area contributed by atoms with Gasteiger partial charge in [0.05, 0.1) is 6.04 Å². The summed E-state index contributed by atoms with van der Waals surface area (Å²) < 4.78 is 0. The van der Waals surface area contributed by atoms with Gasteiger partial charge in [-0.25, -0.2) is 0 Å². The lowest BCUT2D eigenvalue weighted by Crippen LogP contribution is -2.37. The van der Waals surface area contributed by atoms with E-state index in [9.17, 15) is 4.79 Å². The Hall–Kier alpha value is -1.22. The van der Waals surface area contributed by atoms with E-state index < -0.39 is 0 Å². The Morgan fingerprint density at radius 3 is 3.15 bits per heavy atom. The van der Waals surface area contributed by atoms with Gasteiger partial charge in [-0.15, -0.1) is 0 Å². The molecule has 1 fully saturated rings. The third kappa shape index (κ3) is 0.877. The SMILES string of the molecule is O=C1c2ccncc2[C@H]2CC[C@@H]1N2. The normalized spacial score (nSPS) is 30.3. The van der Waals surface area contributed by atoms with E-state index in [4.69, 9.17) is 0 Å². The number of fused-ring (bicyclic) bond motifs is 4. The fourth-order valence-corrected chi connectivity index (χ4v) is 2.29. The van der Waals surface area contributed by atoms with Gasteiger partial charge in [0.1, 0.15) is 0 Å². The van der Waals surface area contributed by atoms with Gasteiger partial charge in [-0.3, -0.25) is 9.78 Å². The van der Waals surface area contributed by atoms with E-state index in [-0.39, 0.29) is 11.8 Å². The molecule has 3 nitrogen and oxygen atoms in total. The highest BCUT2D eigenvalue weighted by Gasteiger charge is 2.37. The number of carbonyl (C=O) groups excluding carboxylic acids is 1. The molecule has 3 heteroatoms. The summed E-state index contributed by atoms with van der Waals surface area (Å²) in [4.78, 5) is 15.8. The molecule has 1 saturated heterocycles. The van der Waals surface area contributed by atoms with Gasteiger partial charge in [0.15, 0.2) is 5.78 Å². The smallest absolute Gasteiger partial charge is 0.180 e. The molecule has 0 unspecified atom stereocenters. The molecule has 3 heterocycles. The largest absolute Gasteiger partial charge is 0.300 e. The molecule has 2 aliphatic rings. The van der Waals surface area contributed by atoms with E-state index in [1.165, 1.54) is 0 Å². The zero-order chi connectivity index (χ0) is 8.84. The van der Waals surface area contributed by atoms with Crippen molar-refractivity contribution in [3.8, 4) is 0 Å². The van der Waals surface area contributed by atoms with Crippen LogP contribution < -0.4 is 5.32 Å². The summed E-state index contributed by atoms with van der Waals surface area (Å²) in [5, 5.41) is 3.31. The third-order valence-electron chi connectivity index (χ3n) is 2.96. The molecule has 1 aromatic rings. The van der Waals surface area contributed by atoms with Crippen LogP contribution in [0.15, 0.2) is 18.5 Å². The van der Waals surface area contributed by atoms with E-state index in [0.717, 1.165) is 24.0 Å². The Bertz CT molecular complexity index is 375. The number of nitrogens with one attached hydrogen (secondary N) is 1. The highest BCUT2D eigenvalue weighted by Crippen LogP contribution is 2.34. The van der Waals surface area contributed by atoms with Gasteiger partial charge < -0.3 is 5.32 Å². The molecule has 0 saturated carbocycles. The highest BCUT2D eigenvalue weighted by atomic mass is 16.1. The lowest BCUT2D eigenvalue weighted by atomic mass is 9.96. The van der Waals surface area contributed by atoms with Gasteiger partial charge in [0, 0.05) is 24.0 Å². The summed E-state index contributed by atoms with van der Waals surface area (Å²) in [7, 11) is 0. The molecule has 1 N–H and O–H groups in total. The van der Waals surface area contributed by atoms with Gasteiger partial charge in [-0.2, -0.15) is 0 Å². The third-order valence-corrected chi connectivity index (χ3v) is 2.96. The van der Waals surface area contributed by atoms with Crippen LogP contribution >= 0.6 is 0 Å². The Morgan fingerprint density at radius 2 is 2.23 bits per heavy atom. The lowest BCUT2D eigenvalue weighted by Gasteiger charge is -2.22. The maximum atomic E-state index is 11.8. The second kappa shape index (κ2) is 2.39. The standard InChI is InChI=1S/C10H10N2O/c13-10-6-3-4-11-5-7(6)8-1-2-9(10)12-8/h3-5,8-9,12H,1-2H2/t8-,9+/m1/s1. The quantitative estimate of drug-likeness (QED) is 0.639. The zero-order valence-corrected chi connectivity index (χ0v) is 7.16. The number of ketones is 1. The molecule has 0 aromatic carbocycles. The second-order valence-corrected chi connectivity index (χ2v) is 3.68.